The largest absolute Gasteiger partial charge is 0.457 e. The molecule has 3 heterocycles. The molecule has 0 fully saturated rings. The van der Waals surface area contributed by atoms with Crippen molar-refractivity contribution in [2.45, 2.75) is 6.54 Å². The number of nitrogens with zero attached hydrogens (tertiary/aromatic N) is 5. The first-order chi connectivity index (χ1) is 15.5. The summed E-state index contributed by atoms with van der Waals surface area (Å²) in [6.45, 7) is 0.380. The van der Waals surface area contributed by atoms with Crippen LogP contribution in [-0.4, -0.2) is 24.3 Å². The van der Waals surface area contributed by atoms with Gasteiger partial charge in [0.25, 0.3) is 5.56 Å². The molecule has 0 N–H and O–H groups in total. The van der Waals surface area contributed by atoms with Crippen LogP contribution in [0.5, 0.6) is 11.5 Å². The molecule has 5 aromatic rings. The van der Waals surface area contributed by atoms with Gasteiger partial charge in [-0.3, -0.25) is 19.0 Å². The molecule has 0 amide bonds. The van der Waals surface area contributed by atoms with Crippen LogP contribution in [0.15, 0.2) is 84.2 Å². The zero-order valence-corrected chi connectivity index (χ0v) is 17.9. The van der Waals surface area contributed by atoms with E-state index < -0.39 is 0 Å². The van der Waals surface area contributed by atoms with Crippen LogP contribution in [0.25, 0.3) is 22.3 Å². The molecule has 3 aromatic heterocycles. The molecular formula is C24H18ClN5O2. The minimum Gasteiger partial charge on any atom is -0.457 e. The highest BCUT2D eigenvalue weighted by Gasteiger charge is 2.09. The van der Waals surface area contributed by atoms with E-state index in [0.29, 0.717) is 39.7 Å². The molecule has 0 aliphatic heterocycles. The Morgan fingerprint density at radius 2 is 1.84 bits per heavy atom. The second-order valence-electron chi connectivity index (χ2n) is 7.34. The third kappa shape index (κ3) is 4.10. The van der Waals surface area contributed by atoms with Crippen LogP contribution in [0.4, 0.5) is 0 Å². The van der Waals surface area contributed by atoms with E-state index in [1.165, 1.54) is 0 Å². The lowest BCUT2D eigenvalue weighted by molar-refractivity contribution is 0.483. The second kappa shape index (κ2) is 8.28. The van der Waals surface area contributed by atoms with Gasteiger partial charge in [0.15, 0.2) is 0 Å². The molecular weight excluding hydrogens is 426 g/mol. The van der Waals surface area contributed by atoms with Crippen LogP contribution in [0.2, 0.25) is 5.02 Å². The molecule has 158 valence electrons. The molecule has 0 aliphatic rings. The van der Waals surface area contributed by atoms with Gasteiger partial charge in [-0.05, 0) is 48.0 Å². The molecule has 8 heteroatoms. The number of halogens is 1. The van der Waals surface area contributed by atoms with Gasteiger partial charge in [-0.1, -0.05) is 23.7 Å². The molecule has 0 spiro atoms. The van der Waals surface area contributed by atoms with Gasteiger partial charge in [-0.15, -0.1) is 0 Å². The summed E-state index contributed by atoms with van der Waals surface area (Å²) in [6, 6.07) is 18.1. The van der Waals surface area contributed by atoms with E-state index in [4.69, 9.17) is 16.3 Å². The zero-order valence-electron chi connectivity index (χ0n) is 17.1. The number of hydrogen-bond donors (Lipinski definition) is 0. The maximum absolute atomic E-state index is 13.1. The smallest absolute Gasteiger partial charge is 0.261 e. The number of ether oxygens (including phenoxy) is 1. The molecule has 32 heavy (non-hydrogen) atoms. The Hall–Kier alpha value is -3.97. The van der Waals surface area contributed by atoms with Crippen molar-refractivity contribution in [1.29, 1.82) is 0 Å². The van der Waals surface area contributed by atoms with Crippen molar-refractivity contribution in [3.63, 3.8) is 0 Å². The molecule has 0 atom stereocenters. The third-order valence-electron chi connectivity index (χ3n) is 4.98. The number of aryl methyl sites for hydroxylation is 1. The monoisotopic (exact) mass is 443 g/mol. The number of benzene rings is 2. The fourth-order valence-corrected chi connectivity index (χ4v) is 3.66. The second-order valence-corrected chi connectivity index (χ2v) is 7.78. The Kier molecular flexibility index (Phi) is 5.17. The summed E-state index contributed by atoms with van der Waals surface area (Å²) in [5.74, 6) is 1.14. The summed E-state index contributed by atoms with van der Waals surface area (Å²) < 4.78 is 9.29. The van der Waals surface area contributed by atoms with Crippen LogP contribution in [0.3, 0.4) is 0 Å². The van der Waals surface area contributed by atoms with Crippen molar-refractivity contribution in [2.24, 2.45) is 7.05 Å². The van der Waals surface area contributed by atoms with E-state index in [9.17, 15) is 4.79 Å². The van der Waals surface area contributed by atoms with Crippen molar-refractivity contribution in [3.05, 3.63) is 100 Å². The maximum atomic E-state index is 13.1. The molecule has 2 aromatic carbocycles. The maximum Gasteiger partial charge on any atom is 0.261 e. The van der Waals surface area contributed by atoms with Crippen LogP contribution in [0, 0.1) is 0 Å². The Morgan fingerprint density at radius 3 is 2.66 bits per heavy atom. The van der Waals surface area contributed by atoms with E-state index in [2.05, 4.69) is 15.1 Å². The minimum atomic E-state index is -0.149. The van der Waals surface area contributed by atoms with E-state index >= 15 is 0 Å². The number of fused-ring (bicyclic) bond motifs is 1. The fraction of sp³-hybridized carbons (Fsp3) is 0.0833. The predicted octanol–water partition coefficient (Wildman–Crippen LogP) is 4.69. The summed E-state index contributed by atoms with van der Waals surface area (Å²) >= 11 is 6.07. The third-order valence-corrected chi connectivity index (χ3v) is 5.22. The summed E-state index contributed by atoms with van der Waals surface area (Å²) in [6.07, 6.45) is 5.07. The normalized spacial score (nSPS) is 11.1. The zero-order chi connectivity index (χ0) is 22.1. The van der Waals surface area contributed by atoms with Gasteiger partial charge in [-0.2, -0.15) is 5.10 Å². The van der Waals surface area contributed by atoms with Gasteiger partial charge in [0, 0.05) is 30.5 Å². The van der Waals surface area contributed by atoms with E-state index in [0.717, 1.165) is 11.3 Å². The molecule has 7 nitrogen and oxygen atoms in total. The Balaban J connectivity index is 1.45. The lowest BCUT2D eigenvalue weighted by Gasteiger charge is -2.10. The van der Waals surface area contributed by atoms with Gasteiger partial charge >= 0.3 is 0 Å². The molecule has 0 aliphatic carbocycles. The summed E-state index contributed by atoms with van der Waals surface area (Å²) in [4.78, 5) is 21.9. The number of pyridine rings is 1. The first kappa shape index (κ1) is 20.0. The lowest BCUT2D eigenvalue weighted by atomic mass is 10.2. The van der Waals surface area contributed by atoms with Crippen molar-refractivity contribution in [2.75, 3.05) is 0 Å². The molecule has 0 unspecified atom stereocenters. The predicted molar refractivity (Wildman–Crippen MR) is 123 cm³/mol. The minimum absolute atomic E-state index is 0.149. The van der Waals surface area contributed by atoms with Crippen LogP contribution >= 0.6 is 11.6 Å². The molecule has 0 radical (unpaired) electrons. The van der Waals surface area contributed by atoms with Gasteiger partial charge < -0.3 is 4.74 Å². The number of hydrogen-bond acceptors (Lipinski definition) is 5. The SMILES string of the molecule is Cn1ccc(-c2cc(Oc3ccc4ncn(Cc5cccc(Cl)c5)c(=O)c4c3)ccn2)n1. The standard InChI is InChI=1S/C24H18ClN5O2/c1-29-10-8-22(28-29)23-13-19(7-9-26-23)32-18-5-6-21-20(12-18)24(31)30(15-27-21)14-16-3-2-4-17(25)11-16/h2-13,15H,14H2,1H3. The summed E-state index contributed by atoms with van der Waals surface area (Å²) in [5, 5.41) is 5.47. The average Bonchev–Trinajstić information content (AvgIpc) is 3.23. The molecule has 0 saturated carbocycles. The Bertz CT molecular complexity index is 1490. The topological polar surface area (TPSA) is 74.8 Å². The van der Waals surface area contributed by atoms with E-state index in [1.807, 2.05) is 43.6 Å². The molecule has 0 saturated heterocycles. The van der Waals surface area contributed by atoms with Crippen molar-refractivity contribution < 1.29 is 4.74 Å². The summed E-state index contributed by atoms with van der Waals surface area (Å²) in [5.41, 5.74) is 2.84. The van der Waals surface area contributed by atoms with Gasteiger partial charge in [0.1, 0.15) is 17.2 Å². The summed E-state index contributed by atoms with van der Waals surface area (Å²) in [7, 11) is 1.85. The van der Waals surface area contributed by atoms with Crippen molar-refractivity contribution in [1.82, 2.24) is 24.3 Å². The van der Waals surface area contributed by atoms with Crippen molar-refractivity contribution >= 4 is 22.5 Å². The van der Waals surface area contributed by atoms with Crippen LogP contribution in [0.1, 0.15) is 5.56 Å². The highest BCUT2D eigenvalue weighted by atomic mass is 35.5. The first-order valence-electron chi connectivity index (χ1n) is 9.93. The van der Waals surface area contributed by atoms with Gasteiger partial charge in [-0.25, -0.2) is 4.98 Å². The van der Waals surface area contributed by atoms with Crippen LogP contribution in [-0.2, 0) is 13.6 Å². The van der Waals surface area contributed by atoms with Gasteiger partial charge in [0.05, 0.1) is 29.5 Å². The fourth-order valence-electron chi connectivity index (χ4n) is 3.45. The van der Waals surface area contributed by atoms with Crippen LogP contribution < -0.4 is 10.3 Å². The Morgan fingerprint density at radius 1 is 0.969 bits per heavy atom. The highest BCUT2D eigenvalue weighted by molar-refractivity contribution is 6.30. The number of rotatable bonds is 5. The lowest BCUT2D eigenvalue weighted by Crippen LogP contribution is -2.21. The average molecular weight is 444 g/mol. The quantitative estimate of drug-likeness (QED) is 0.394. The first-order valence-corrected chi connectivity index (χ1v) is 10.3. The van der Waals surface area contributed by atoms with Gasteiger partial charge in [0.2, 0.25) is 0 Å². The Labute approximate surface area is 188 Å². The van der Waals surface area contributed by atoms with E-state index in [1.54, 1.807) is 52.1 Å². The van der Waals surface area contributed by atoms with Crippen molar-refractivity contribution in [3.8, 4) is 22.9 Å². The highest BCUT2D eigenvalue weighted by Crippen LogP contribution is 2.26. The number of aromatic nitrogens is 5. The van der Waals surface area contributed by atoms with E-state index in [-0.39, 0.29) is 5.56 Å². The molecule has 5 rings (SSSR count). The molecule has 0 bridgehead atoms.